The van der Waals surface area contributed by atoms with E-state index in [0.29, 0.717) is 5.95 Å². The van der Waals surface area contributed by atoms with Crippen LogP contribution >= 0.6 is 23.3 Å². The van der Waals surface area contributed by atoms with Gasteiger partial charge in [-0.3, -0.25) is 0 Å². The third-order valence-electron chi connectivity index (χ3n) is 1.78. The van der Waals surface area contributed by atoms with Gasteiger partial charge in [-0.25, -0.2) is 0 Å². The van der Waals surface area contributed by atoms with Crippen LogP contribution in [0.25, 0.3) is 10.6 Å². The summed E-state index contributed by atoms with van der Waals surface area (Å²) in [6.45, 7) is 0. The Labute approximate surface area is 90.5 Å². The van der Waals surface area contributed by atoms with Gasteiger partial charge in [0.25, 0.3) is 0 Å². The topological polar surface area (TPSA) is 51.8 Å². The maximum atomic E-state index is 5.49. The highest BCUT2D eigenvalue weighted by Gasteiger charge is 2.07. The minimum Gasteiger partial charge on any atom is -0.367 e. The maximum Gasteiger partial charge on any atom is 0.232 e. The minimum atomic E-state index is 0.348. The zero-order valence-corrected chi connectivity index (χ0v) is 9.23. The Kier molecular flexibility index (Phi) is 2.69. The second-order valence-corrected chi connectivity index (χ2v) is 4.26. The number of anilines is 1. The predicted molar refractivity (Wildman–Crippen MR) is 61.5 cm³/mol. The summed E-state index contributed by atoms with van der Waals surface area (Å²) in [5.74, 6) is 0.348. The molecule has 1 aromatic heterocycles. The molecular formula is C9H9N3S2. The van der Waals surface area contributed by atoms with Gasteiger partial charge in [0.15, 0.2) is 0 Å². The van der Waals surface area contributed by atoms with Crippen LogP contribution in [0.2, 0.25) is 0 Å². The van der Waals surface area contributed by atoms with Crippen molar-refractivity contribution in [1.29, 1.82) is 0 Å². The predicted octanol–water partition coefficient (Wildman–Crippen LogP) is 2.51. The van der Waals surface area contributed by atoms with E-state index in [9.17, 15) is 0 Å². The summed E-state index contributed by atoms with van der Waals surface area (Å²) in [6, 6.07) is 8.11. The van der Waals surface area contributed by atoms with Gasteiger partial charge in [0.1, 0.15) is 5.01 Å². The Balaban J connectivity index is 2.50. The van der Waals surface area contributed by atoms with Crippen LogP contribution in [0, 0.1) is 0 Å². The van der Waals surface area contributed by atoms with Crippen LogP contribution < -0.4 is 5.73 Å². The normalized spacial score (nSPS) is 10.4. The number of rotatable bonds is 2. The monoisotopic (exact) mass is 223 g/mol. The molecule has 3 nitrogen and oxygen atoms in total. The maximum absolute atomic E-state index is 5.49. The third kappa shape index (κ3) is 1.73. The van der Waals surface area contributed by atoms with E-state index in [-0.39, 0.29) is 0 Å². The van der Waals surface area contributed by atoms with E-state index in [4.69, 9.17) is 5.73 Å². The summed E-state index contributed by atoms with van der Waals surface area (Å²) >= 11 is 3.03. The lowest BCUT2D eigenvalue weighted by Crippen LogP contribution is -1.86. The lowest BCUT2D eigenvalue weighted by atomic mass is 10.2. The van der Waals surface area contributed by atoms with Gasteiger partial charge >= 0.3 is 0 Å². The number of hydrogen-bond donors (Lipinski definition) is 1. The number of nitrogens with zero attached hydrogens (tertiary/aromatic N) is 2. The SMILES string of the molecule is CSc1ccccc1-c1nc(N)ns1. The standard InChI is InChI=1S/C9H9N3S2/c1-13-7-5-3-2-4-6(7)8-11-9(10)12-14-8/h2-5H,1H3,(H2,10,12). The second kappa shape index (κ2) is 3.98. The van der Waals surface area contributed by atoms with Gasteiger partial charge in [-0.1, -0.05) is 18.2 Å². The molecule has 1 aromatic carbocycles. The fourth-order valence-electron chi connectivity index (χ4n) is 1.17. The molecule has 0 fully saturated rings. The van der Waals surface area contributed by atoms with Crippen molar-refractivity contribution in [2.75, 3.05) is 12.0 Å². The molecular weight excluding hydrogens is 214 g/mol. The van der Waals surface area contributed by atoms with Crippen LogP contribution in [0.5, 0.6) is 0 Å². The van der Waals surface area contributed by atoms with Crippen LogP contribution in [-0.2, 0) is 0 Å². The highest BCUT2D eigenvalue weighted by atomic mass is 32.2. The number of aromatic nitrogens is 2. The van der Waals surface area contributed by atoms with Crippen LogP contribution in [0.15, 0.2) is 29.2 Å². The quantitative estimate of drug-likeness (QED) is 0.795. The minimum absolute atomic E-state index is 0.348. The first-order chi connectivity index (χ1) is 6.81. The molecule has 0 aliphatic rings. The number of benzene rings is 1. The van der Waals surface area contributed by atoms with Crippen molar-refractivity contribution in [2.24, 2.45) is 0 Å². The average Bonchev–Trinajstić information content (AvgIpc) is 2.65. The molecule has 5 heteroatoms. The van der Waals surface area contributed by atoms with Crippen molar-refractivity contribution < 1.29 is 0 Å². The van der Waals surface area contributed by atoms with Gasteiger partial charge in [-0.15, -0.1) is 11.8 Å². The molecule has 0 saturated heterocycles. The zero-order valence-electron chi connectivity index (χ0n) is 7.60. The van der Waals surface area contributed by atoms with E-state index in [1.54, 1.807) is 11.8 Å². The van der Waals surface area contributed by atoms with Crippen molar-refractivity contribution >= 4 is 29.2 Å². The van der Waals surface area contributed by atoms with Crippen molar-refractivity contribution in [3.05, 3.63) is 24.3 Å². The molecule has 0 radical (unpaired) electrons. The van der Waals surface area contributed by atoms with Crippen LogP contribution in [-0.4, -0.2) is 15.6 Å². The first-order valence-corrected chi connectivity index (χ1v) is 6.03. The Morgan fingerprint density at radius 3 is 2.79 bits per heavy atom. The second-order valence-electron chi connectivity index (χ2n) is 2.66. The molecule has 2 aromatic rings. The Hall–Kier alpha value is -1.07. The molecule has 14 heavy (non-hydrogen) atoms. The molecule has 0 atom stereocenters. The number of nitrogen functional groups attached to an aromatic ring is 1. The highest BCUT2D eigenvalue weighted by Crippen LogP contribution is 2.31. The van der Waals surface area contributed by atoms with Crippen molar-refractivity contribution in [2.45, 2.75) is 4.90 Å². The van der Waals surface area contributed by atoms with E-state index in [2.05, 4.69) is 15.4 Å². The zero-order chi connectivity index (χ0) is 9.97. The molecule has 2 rings (SSSR count). The van der Waals surface area contributed by atoms with E-state index in [1.165, 1.54) is 16.4 Å². The number of nitrogens with two attached hydrogens (primary N) is 1. The first kappa shape index (κ1) is 9.48. The Morgan fingerprint density at radius 2 is 2.14 bits per heavy atom. The summed E-state index contributed by atoms with van der Waals surface area (Å²) in [5, 5.41) is 0.882. The first-order valence-electron chi connectivity index (χ1n) is 4.04. The molecule has 72 valence electrons. The summed E-state index contributed by atoms with van der Waals surface area (Å²) in [4.78, 5) is 5.36. The molecule has 1 heterocycles. The highest BCUT2D eigenvalue weighted by molar-refractivity contribution is 7.98. The van der Waals surface area contributed by atoms with E-state index >= 15 is 0 Å². The fourth-order valence-corrected chi connectivity index (χ4v) is 2.46. The lowest BCUT2D eigenvalue weighted by Gasteiger charge is -2.01. The largest absolute Gasteiger partial charge is 0.367 e. The Morgan fingerprint density at radius 1 is 1.36 bits per heavy atom. The van der Waals surface area contributed by atoms with Crippen molar-refractivity contribution in [1.82, 2.24) is 9.36 Å². The summed E-state index contributed by atoms with van der Waals surface area (Å²) in [7, 11) is 0. The summed E-state index contributed by atoms with van der Waals surface area (Å²) in [5.41, 5.74) is 6.59. The molecule has 0 aliphatic heterocycles. The fraction of sp³-hybridized carbons (Fsp3) is 0.111. The molecule has 0 aliphatic carbocycles. The molecule has 0 spiro atoms. The van der Waals surface area contributed by atoms with E-state index < -0.39 is 0 Å². The number of thioether (sulfide) groups is 1. The molecule has 0 unspecified atom stereocenters. The summed E-state index contributed by atoms with van der Waals surface area (Å²) < 4.78 is 3.97. The molecule has 0 amide bonds. The van der Waals surface area contributed by atoms with E-state index in [1.807, 2.05) is 24.5 Å². The van der Waals surface area contributed by atoms with Crippen LogP contribution in [0.3, 0.4) is 0 Å². The molecule has 0 saturated carbocycles. The van der Waals surface area contributed by atoms with Gasteiger partial charge < -0.3 is 5.73 Å². The van der Waals surface area contributed by atoms with Gasteiger partial charge in [0, 0.05) is 10.5 Å². The Bertz CT molecular complexity index is 439. The molecule has 2 N–H and O–H groups in total. The van der Waals surface area contributed by atoms with Crippen molar-refractivity contribution in [3.8, 4) is 10.6 Å². The lowest BCUT2D eigenvalue weighted by molar-refractivity contribution is 1.32. The van der Waals surface area contributed by atoms with Gasteiger partial charge in [-0.2, -0.15) is 9.36 Å². The van der Waals surface area contributed by atoms with Crippen LogP contribution in [0.4, 0.5) is 5.95 Å². The van der Waals surface area contributed by atoms with Gasteiger partial charge in [0.2, 0.25) is 5.95 Å². The van der Waals surface area contributed by atoms with Gasteiger partial charge in [-0.05, 0) is 23.9 Å². The number of hydrogen-bond acceptors (Lipinski definition) is 5. The molecule has 0 bridgehead atoms. The smallest absolute Gasteiger partial charge is 0.232 e. The average molecular weight is 223 g/mol. The van der Waals surface area contributed by atoms with E-state index in [0.717, 1.165) is 10.6 Å². The summed E-state index contributed by atoms with van der Waals surface area (Å²) in [6.07, 6.45) is 2.04. The third-order valence-corrected chi connectivity index (χ3v) is 3.34. The van der Waals surface area contributed by atoms with Crippen LogP contribution in [0.1, 0.15) is 0 Å². The van der Waals surface area contributed by atoms with Crippen molar-refractivity contribution in [3.63, 3.8) is 0 Å². The van der Waals surface area contributed by atoms with Gasteiger partial charge in [0.05, 0.1) is 0 Å².